The molecule has 0 bridgehead atoms. The minimum atomic E-state index is -4.16. The van der Waals surface area contributed by atoms with Crippen molar-refractivity contribution in [1.29, 1.82) is 0 Å². The van der Waals surface area contributed by atoms with Crippen LogP contribution in [0.25, 0.3) is 0 Å². The average Bonchev–Trinajstić information content (AvgIpc) is 2.55. The Hall–Kier alpha value is 2.05. The molecule has 0 unspecified atom stereocenters. The van der Waals surface area contributed by atoms with E-state index in [0.29, 0.717) is 16.4 Å². The number of phosphoric acid groups is 1. The number of hydrogen-bond donors (Lipinski definition) is 0. The molecule has 28 heavy (non-hydrogen) atoms. The van der Waals surface area contributed by atoms with Crippen molar-refractivity contribution in [1.82, 2.24) is 0 Å². The van der Waals surface area contributed by atoms with E-state index in [4.69, 9.17) is 13.6 Å². The number of para-hydroxylation sites is 1. The molecule has 1 aromatic carbocycles. The monoisotopic (exact) mass is 796 g/mol. The highest BCUT2D eigenvalue weighted by atomic mass is 79.9. The van der Waals surface area contributed by atoms with Crippen molar-refractivity contribution < 1.29 is 18.1 Å². The normalized spacial score (nSPS) is 14.2. The van der Waals surface area contributed by atoms with E-state index in [1.165, 1.54) is 0 Å². The van der Waals surface area contributed by atoms with Gasteiger partial charge >= 0.3 is 7.82 Å². The van der Waals surface area contributed by atoms with Crippen molar-refractivity contribution in [3.63, 3.8) is 0 Å². The summed E-state index contributed by atoms with van der Waals surface area (Å²) in [7, 11) is -4.16. The lowest BCUT2D eigenvalue weighted by molar-refractivity contribution is 0.0533. The van der Waals surface area contributed by atoms with Crippen LogP contribution in [-0.2, 0) is 13.6 Å². The van der Waals surface area contributed by atoms with Crippen LogP contribution in [0.15, 0.2) is 24.3 Å². The molecule has 0 radical (unpaired) electrons. The molecule has 11 heteroatoms. The molecule has 0 saturated carbocycles. The number of aryl methyl sites for hydroxylation is 1. The predicted octanol–water partition coefficient (Wildman–Crippen LogP) is 9.24. The molecule has 0 heterocycles. The minimum absolute atomic E-state index is 0.408. The molecule has 0 saturated heterocycles. The van der Waals surface area contributed by atoms with Crippen molar-refractivity contribution in [3.05, 3.63) is 29.8 Å². The zero-order valence-electron chi connectivity index (χ0n) is 16.1. The number of rotatable bonds is 10. The molecule has 1 rings (SSSR count). The summed E-state index contributed by atoms with van der Waals surface area (Å²) < 4.78 is 29.2. The summed E-state index contributed by atoms with van der Waals surface area (Å²) in [6, 6.07) is 7.24. The Morgan fingerprint density at radius 1 is 0.857 bits per heavy atom. The molecule has 0 aliphatic rings. The first-order chi connectivity index (χ1) is 12.5. The van der Waals surface area contributed by atoms with Gasteiger partial charge in [-0.3, -0.25) is 0 Å². The average molecular weight is 802 g/mol. The molecule has 0 fully saturated rings. The fourth-order valence-electron chi connectivity index (χ4n) is 1.52. The van der Waals surface area contributed by atoms with Crippen LogP contribution in [0.3, 0.4) is 0 Å². The summed E-state index contributed by atoms with van der Waals surface area (Å²) in [5, 5.41) is 1.11. The van der Waals surface area contributed by atoms with Crippen LogP contribution >= 0.6 is 103 Å². The number of phosphoric ester groups is 1. The second-order valence-electron chi connectivity index (χ2n) is 7.56. The SMILES string of the molecule is Cc1ccccc1OP(=O)(OC(Br)(Br)C(C)(C)CBr)OC(Br)(Br)C(C)(C)CBr. The van der Waals surface area contributed by atoms with Crippen molar-refractivity contribution in [2.75, 3.05) is 10.7 Å². The van der Waals surface area contributed by atoms with E-state index in [-0.39, 0.29) is 0 Å². The van der Waals surface area contributed by atoms with Gasteiger partial charge in [0.15, 0.2) is 6.84 Å². The summed E-state index contributed by atoms with van der Waals surface area (Å²) in [6.07, 6.45) is 0. The van der Waals surface area contributed by atoms with Crippen molar-refractivity contribution in [2.24, 2.45) is 10.8 Å². The molecule has 162 valence electrons. The van der Waals surface area contributed by atoms with Crippen LogP contribution in [0.2, 0.25) is 0 Å². The molecule has 0 atom stereocenters. The van der Waals surface area contributed by atoms with E-state index >= 15 is 0 Å². The third-order valence-electron chi connectivity index (χ3n) is 4.00. The van der Waals surface area contributed by atoms with Gasteiger partial charge in [-0.2, -0.15) is 0 Å². The van der Waals surface area contributed by atoms with E-state index in [1.54, 1.807) is 12.1 Å². The second-order valence-corrected chi connectivity index (χ2v) is 16.7. The van der Waals surface area contributed by atoms with E-state index in [9.17, 15) is 4.57 Å². The van der Waals surface area contributed by atoms with E-state index < -0.39 is 25.5 Å². The molecule has 4 nitrogen and oxygen atoms in total. The highest BCUT2D eigenvalue weighted by Gasteiger charge is 2.54. The van der Waals surface area contributed by atoms with Crippen LogP contribution in [0, 0.1) is 17.8 Å². The Kier molecular flexibility index (Phi) is 10.4. The van der Waals surface area contributed by atoms with Gasteiger partial charge in [-0.1, -0.05) is 77.8 Å². The topological polar surface area (TPSA) is 44.8 Å². The first-order valence-corrected chi connectivity index (χ1v) is 15.0. The standard InChI is InChI=1S/C17H23Br6O4P/c1-12-8-6-7-9-13(12)25-28(24,26-16(20,21)14(2,3)10-18)27-17(22,23)15(4,5)11-19/h6-9H,10-11H2,1-5H3. The van der Waals surface area contributed by atoms with Gasteiger partial charge in [0.1, 0.15) is 5.75 Å². The summed E-state index contributed by atoms with van der Waals surface area (Å²) in [6.45, 7) is 9.58. The van der Waals surface area contributed by atoms with Crippen molar-refractivity contribution >= 4 is 103 Å². The molecule has 0 aliphatic heterocycles. The van der Waals surface area contributed by atoms with Crippen LogP contribution in [0.1, 0.15) is 33.3 Å². The maximum absolute atomic E-state index is 13.9. The minimum Gasteiger partial charge on any atom is -0.404 e. The van der Waals surface area contributed by atoms with Gasteiger partial charge in [0.25, 0.3) is 0 Å². The van der Waals surface area contributed by atoms with Gasteiger partial charge in [0.05, 0.1) is 0 Å². The fourth-order valence-corrected chi connectivity index (χ4v) is 8.12. The van der Waals surface area contributed by atoms with Gasteiger partial charge < -0.3 is 4.52 Å². The first-order valence-electron chi connectivity index (χ1n) is 8.17. The molecule has 0 spiro atoms. The van der Waals surface area contributed by atoms with Crippen LogP contribution in [-0.4, -0.2) is 17.5 Å². The third-order valence-corrected chi connectivity index (χ3v) is 14.2. The Labute approximate surface area is 218 Å². The summed E-state index contributed by atoms with van der Waals surface area (Å²) in [5.74, 6) is 0.408. The van der Waals surface area contributed by atoms with Gasteiger partial charge in [-0.25, -0.2) is 13.6 Å². The quantitative estimate of drug-likeness (QED) is 0.175. The molecule has 0 amide bonds. The van der Waals surface area contributed by atoms with Crippen LogP contribution < -0.4 is 4.52 Å². The molecular formula is C17H23Br6O4P. The van der Waals surface area contributed by atoms with Gasteiger partial charge in [0, 0.05) is 21.5 Å². The first kappa shape index (κ1) is 28.1. The maximum Gasteiger partial charge on any atom is 0.534 e. The van der Waals surface area contributed by atoms with Crippen molar-refractivity contribution in [2.45, 2.75) is 41.5 Å². The number of benzene rings is 1. The summed E-state index contributed by atoms with van der Waals surface area (Å²) in [4.78, 5) is 0. The lowest BCUT2D eigenvalue weighted by Crippen LogP contribution is -2.40. The molecule has 0 aromatic heterocycles. The largest absolute Gasteiger partial charge is 0.534 e. The van der Waals surface area contributed by atoms with E-state index in [2.05, 4.69) is 95.6 Å². The van der Waals surface area contributed by atoms with Gasteiger partial charge in [-0.05, 0) is 82.3 Å². The predicted molar refractivity (Wildman–Crippen MR) is 138 cm³/mol. The van der Waals surface area contributed by atoms with Gasteiger partial charge in [-0.15, -0.1) is 0 Å². The van der Waals surface area contributed by atoms with Gasteiger partial charge in [0.2, 0.25) is 0 Å². The lowest BCUT2D eigenvalue weighted by Gasteiger charge is -2.41. The van der Waals surface area contributed by atoms with Crippen LogP contribution in [0.4, 0.5) is 0 Å². The summed E-state index contributed by atoms with van der Waals surface area (Å²) >= 11 is 20.9. The fraction of sp³-hybridized carbons (Fsp3) is 0.647. The Bertz CT molecular complexity index is 689. The lowest BCUT2D eigenvalue weighted by atomic mass is 9.98. The number of halogens is 6. The highest BCUT2D eigenvalue weighted by molar-refractivity contribution is 9.25. The zero-order valence-corrected chi connectivity index (χ0v) is 26.5. The Morgan fingerprint density at radius 2 is 1.25 bits per heavy atom. The number of alkyl halides is 6. The Balaban J connectivity index is 3.38. The summed E-state index contributed by atoms with van der Waals surface area (Å²) in [5.41, 5.74) is -0.209. The smallest absolute Gasteiger partial charge is 0.404 e. The van der Waals surface area contributed by atoms with Crippen LogP contribution in [0.5, 0.6) is 5.75 Å². The molecule has 0 N–H and O–H groups in total. The maximum atomic E-state index is 13.9. The number of hydrogen-bond acceptors (Lipinski definition) is 4. The molecule has 0 aliphatic carbocycles. The third kappa shape index (κ3) is 7.03. The van der Waals surface area contributed by atoms with E-state index in [1.807, 2.05) is 46.8 Å². The van der Waals surface area contributed by atoms with E-state index in [0.717, 1.165) is 5.56 Å². The molecule has 1 aromatic rings. The van der Waals surface area contributed by atoms with Crippen molar-refractivity contribution in [3.8, 4) is 5.75 Å². The highest BCUT2D eigenvalue weighted by Crippen LogP contribution is 2.65. The zero-order chi connectivity index (χ0) is 22.0. The second kappa shape index (κ2) is 10.3. The Morgan fingerprint density at radius 3 is 1.61 bits per heavy atom. The molecular weight excluding hydrogens is 779 g/mol.